The van der Waals surface area contributed by atoms with Crippen LogP contribution in [0.2, 0.25) is 0 Å². The van der Waals surface area contributed by atoms with Crippen molar-refractivity contribution in [2.45, 2.75) is 32.4 Å². The molecule has 0 saturated carbocycles. The number of nitrogens with one attached hydrogen (secondary N) is 1. The summed E-state index contributed by atoms with van der Waals surface area (Å²) in [5.74, 6) is 0. The van der Waals surface area contributed by atoms with Crippen LogP contribution < -0.4 is 5.32 Å². The molecule has 1 aromatic heterocycles. The van der Waals surface area contributed by atoms with Gasteiger partial charge < -0.3 is 5.32 Å². The molecule has 1 saturated heterocycles. The highest BCUT2D eigenvalue weighted by atomic mass is 15.2. The normalized spacial score (nSPS) is 24.1. The standard InChI is InChI=1S/C17H23N3/c1-3-17(2)13-20(10-9-19-17)12-14-6-7-16-15(11-14)5-4-8-18-16/h4-8,11,19H,3,9-10,12-13H2,1-2H3. The fourth-order valence-electron chi connectivity index (χ4n) is 3.00. The van der Waals surface area contributed by atoms with Crippen LogP contribution in [-0.4, -0.2) is 35.1 Å². The van der Waals surface area contributed by atoms with Gasteiger partial charge in [0.05, 0.1) is 5.52 Å². The molecule has 1 unspecified atom stereocenters. The fourth-order valence-corrected chi connectivity index (χ4v) is 3.00. The van der Waals surface area contributed by atoms with Crippen molar-refractivity contribution in [2.24, 2.45) is 0 Å². The number of aromatic nitrogens is 1. The molecule has 1 N–H and O–H groups in total. The van der Waals surface area contributed by atoms with Gasteiger partial charge in [0.1, 0.15) is 0 Å². The van der Waals surface area contributed by atoms with Gasteiger partial charge in [0.15, 0.2) is 0 Å². The fraction of sp³-hybridized carbons (Fsp3) is 0.471. The SMILES string of the molecule is CCC1(C)CN(Cc2ccc3ncccc3c2)CCN1. The van der Waals surface area contributed by atoms with Crippen molar-refractivity contribution in [3.8, 4) is 0 Å². The smallest absolute Gasteiger partial charge is 0.0702 e. The predicted octanol–water partition coefficient (Wildman–Crippen LogP) is 2.81. The van der Waals surface area contributed by atoms with Gasteiger partial charge in [-0.15, -0.1) is 0 Å². The van der Waals surface area contributed by atoms with Gasteiger partial charge >= 0.3 is 0 Å². The number of fused-ring (bicyclic) bond motifs is 1. The lowest BCUT2D eigenvalue weighted by molar-refractivity contribution is 0.134. The number of pyridine rings is 1. The Morgan fingerprint density at radius 2 is 2.25 bits per heavy atom. The molecular weight excluding hydrogens is 246 g/mol. The lowest BCUT2D eigenvalue weighted by Crippen LogP contribution is -2.58. The van der Waals surface area contributed by atoms with Crippen LogP contribution in [0.25, 0.3) is 10.9 Å². The van der Waals surface area contributed by atoms with E-state index >= 15 is 0 Å². The number of hydrogen-bond donors (Lipinski definition) is 1. The second kappa shape index (κ2) is 5.51. The van der Waals surface area contributed by atoms with E-state index in [0.717, 1.165) is 31.7 Å². The Kier molecular flexibility index (Phi) is 3.72. The average molecular weight is 269 g/mol. The first-order valence-electron chi connectivity index (χ1n) is 7.50. The minimum Gasteiger partial charge on any atom is -0.309 e. The molecule has 3 rings (SSSR count). The topological polar surface area (TPSA) is 28.2 Å². The lowest BCUT2D eigenvalue weighted by atomic mass is 9.95. The van der Waals surface area contributed by atoms with Gasteiger partial charge in [0, 0.05) is 43.3 Å². The molecule has 2 heterocycles. The van der Waals surface area contributed by atoms with E-state index in [-0.39, 0.29) is 5.54 Å². The highest BCUT2D eigenvalue weighted by Crippen LogP contribution is 2.19. The van der Waals surface area contributed by atoms with E-state index < -0.39 is 0 Å². The van der Waals surface area contributed by atoms with Crippen LogP contribution in [0.15, 0.2) is 36.5 Å². The van der Waals surface area contributed by atoms with Crippen molar-refractivity contribution in [1.29, 1.82) is 0 Å². The van der Waals surface area contributed by atoms with Gasteiger partial charge in [-0.25, -0.2) is 0 Å². The molecule has 0 bridgehead atoms. The maximum Gasteiger partial charge on any atom is 0.0702 e. The Balaban J connectivity index is 1.75. The van der Waals surface area contributed by atoms with Gasteiger partial charge in [-0.05, 0) is 37.1 Å². The van der Waals surface area contributed by atoms with Crippen LogP contribution in [0.1, 0.15) is 25.8 Å². The molecule has 1 aliphatic heterocycles. The summed E-state index contributed by atoms with van der Waals surface area (Å²) in [5.41, 5.74) is 2.72. The zero-order valence-corrected chi connectivity index (χ0v) is 12.4. The highest BCUT2D eigenvalue weighted by Gasteiger charge is 2.28. The number of benzene rings is 1. The maximum atomic E-state index is 4.38. The molecule has 0 spiro atoms. The first-order valence-corrected chi connectivity index (χ1v) is 7.50. The second-order valence-corrected chi connectivity index (χ2v) is 6.08. The molecule has 3 nitrogen and oxygen atoms in total. The van der Waals surface area contributed by atoms with Gasteiger partial charge in [-0.1, -0.05) is 19.1 Å². The third-order valence-corrected chi connectivity index (χ3v) is 4.41. The minimum absolute atomic E-state index is 0.261. The number of piperazine rings is 1. The maximum absolute atomic E-state index is 4.38. The molecule has 3 heteroatoms. The van der Waals surface area contributed by atoms with Crippen LogP contribution in [0.3, 0.4) is 0 Å². The van der Waals surface area contributed by atoms with Crippen molar-refractivity contribution in [1.82, 2.24) is 15.2 Å². The van der Waals surface area contributed by atoms with Crippen LogP contribution in [0.4, 0.5) is 0 Å². The van der Waals surface area contributed by atoms with Gasteiger partial charge in [-0.3, -0.25) is 9.88 Å². The van der Waals surface area contributed by atoms with Gasteiger partial charge in [0.25, 0.3) is 0 Å². The molecule has 0 radical (unpaired) electrons. The first-order chi connectivity index (χ1) is 9.68. The minimum atomic E-state index is 0.261. The predicted molar refractivity (Wildman–Crippen MR) is 83.7 cm³/mol. The largest absolute Gasteiger partial charge is 0.309 e. The van der Waals surface area contributed by atoms with E-state index in [1.807, 2.05) is 12.3 Å². The van der Waals surface area contributed by atoms with Crippen LogP contribution in [0.5, 0.6) is 0 Å². The van der Waals surface area contributed by atoms with Crippen molar-refractivity contribution in [3.05, 3.63) is 42.1 Å². The molecular formula is C17H23N3. The Bertz CT molecular complexity index is 596. The Morgan fingerprint density at radius 1 is 1.35 bits per heavy atom. The van der Waals surface area contributed by atoms with Crippen LogP contribution in [0, 0.1) is 0 Å². The summed E-state index contributed by atoms with van der Waals surface area (Å²) >= 11 is 0. The third kappa shape index (κ3) is 2.84. The molecule has 1 aliphatic rings. The van der Waals surface area contributed by atoms with E-state index in [2.05, 4.69) is 53.3 Å². The van der Waals surface area contributed by atoms with E-state index in [4.69, 9.17) is 0 Å². The zero-order chi connectivity index (χ0) is 14.0. The summed E-state index contributed by atoms with van der Waals surface area (Å²) in [6, 6.07) is 10.8. The van der Waals surface area contributed by atoms with Gasteiger partial charge in [0.2, 0.25) is 0 Å². The van der Waals surface area contributed by atoms with Crippen LogP contribution >= 0.6 is 0 Å². The molecule has 20 heavy (non-hydrogen) atoms. The molecule has 0 aliphatic carbocycles. The summed E-state index contributed by atoms with van der Waals surface area (Å²) in [6.07, 6.45) is 3.02. The molecule has 1 aromatic carbocycles. The molecule has 106 valence electrons. The van der Waals surface area contributed by atoms with Crippen molar-refractivity contribution >= 4 is 10.9 Å². The number of hydrogen-bond acceptors (Lipinski definition) is 3. The second-order valence-electron chi connectivity index (χ2n) is 6.08. The molecule has 2 aromatic rings. The summed E-state index contributed by atoms with van der Waals surface area (Å²) in [4.78, 5) is 6.93. The van der Waals surface area contributed by atoms with E-state index in [1.165, 1.54) is 17.4 Å². The summed E-state index contributed by atoms with van der Waals surface area (Å²) in [7, 11) is 0. The Labute approximate surface area is 121 Å². The van der Waals surface area contributed by atoms with Crippen molar-refractivity contribution in [2.75, 3.05) is 19.6 Å². The molecule has 1 atom stereocenters. The monoisotopic (exact) mass is 269 g/mol. The van der Waals surface area contributed by atoms with Crippen LogP contribution in [-0.2, 0) is 6.54 Å². The van der Waals surface area contributed by atoms with E-state index in [0.29, 0.717) is 0 Å². The Morgan fingerprint density at radius 3 is 3.10 bits per heavy atom. The number of nitrogens with zero attached hydrogens (tertiary/aromatic N) is 2. The summed E-state index contributed by atoms with van der Waals surface area (Å²) in [6.45, 7) is 8.94. The first kappa shape index (κ1) is 13.5. The summed E-state index contributed by atoms with van der Waals surface area (Å²) < 4.78 is 0. The molecule has 0 amide bonds. The number of rotatable bonds is 3. The van der Waals surface area contributed by atoms with E-state index in [1.54, 1.807) is 0 Å². The quantitative estimate of drug-likeness (QED) is 0.928. The Hall–Kier alpha value is -1.45. The van der Waals surface area contributed by atoms with Crippen molar-refractivity contribution < 1.29 is 0 Å². The van der Waals surface area contributed by atoms with Crippen molar-refractivity contribution in [3.63, 3.8) is 0 Å². The average Bonchev–Trinajstić information content (AvgIpc) is 2.47. The van der Waals surface area contributed by atoms with E-state index in [9.17, 15) is 0 Å². The lowest BCUT2D eigenvalue weighted by Gasteiger charge is -2.41. The molecule has 1 fully saturated rings. The zero-order valence-electron chi connectivity index (χ0n) is 12.4. The third-order valence-electron chi connectivity index (χ3n) is 4.41. The highest BCUT2D eigenvalue weighted by molar-refractivity contribution is 5.78. The van der Waals surface area contributed by atoms with Gasteiger partial charge in [-0.2, -0.15) is 0 Å². The summed E-state index contributed by atoms with van der Waals surface area (Å²) in [5, 5.41) is 4.87.